The quantitative estimate of drug-likeness (QED) is 0.325. The highest BCUT2D eigenvalue weighted by molar-refractivity contribution is 6.15. The molecule has 0 saturated carbocycles. The van der Waals surface area contributed by atoms with Crippen LogP contribution in [0.15, 0.2) is 83.5 Å². The molecule has 4 aromatic rings. The van der Waals surface area contributed by atoms with Crippen molar-refractivity contribution in [3.05, 3.63) is 96.0 Å². The zero-order valence-corrected chi connectivity index (χ0v) is 19.9. The van der Waals surface area contributed by atoms with E-state index < -0.39 is 0 Å². The second-order valence-corrected chi connectivity index (χ2v) is 8.98. The van der Waals surface area contributed by atoms with Gasteiger partial charge in [-0.2, -0.15) is 0 Å². The fourth-order valence-corrected chi connectivity index (χ4v) is 4.74. The fraction of sp³-hybridized carbons (Fsp3) is 0.233. The Hall–Kier alpha value is -3.87. The van der Waals surface area contributed by atoms with Crippen LogP contribution in [-0.2, 0) is 11.2 Å². The Morgan fingerprint density at radius 3 is 2.58 bits per heavy atom. The van der Waals surface area contributed by atoms with Crippen LogP contribution >= 0.6 is 0 Å². The number of benzene rings is 3. The molecular weight excluding hydrogens is 454 g/mol. The van der Waals surface area contributed by atoms with Crippen molar-refractivity contribution in [3.8, 4) is 22.6 Å². The van der Waals surface area contributed by atoms with Crippen molar-refractivity contribution in [2.75, 3.05) is 39.5 Å². The average molecular weight is 482 g/mol. The van der Waals surface area contributed by atoms with Crippen LogP contribution in [0.2, 0.25) is 0 Å². The third-order valence-corrected chi connectivity index (χ3v) is 6.67. The largest absolute Gasteiger partial charge is 0.492 e. The highest BCUT2D eigenvalue weighted by Crippen LogP contribution is 2.40. The minimum absolute atomic E-state index is 0.165. The van der Waals surface area contributed by atoms with Gasteiger partial charge in [-0.05, 0) is 54.0 Å². The Kier molecular flexibility index (Phi) is 6.28. The van der Waals surface area contributed by atoms with Crippen LogP contribution in [0.3, 0.4) is 0 Å². The maximum Gasteiger partial charge on any atom is 0.228 e. The van der Waals surface area contributed by atoms with Gasteiger partial charge in [0.2, 0.25) is 5.78 Å². The lowest BCUT2D eigenvalue weighted by molar-refractivity contribution is 0.0322. The van der Waals surface area contributed by atoms with Gasteiger partial charge in [0.1, 0.15) is 23.7 Å². The van der Waals surface area contributed by atoms with E-state index >= 15 is 0 Å². The molecule has 6 rings (SSSR count). The summed E-state index contributed by atoms with van der Waals surface area (Å²) in [5.41, 5.74) is 4.00. The van der Waals surface area contributed by atoms with Gasteiger partial charge in [0, 0.05) is 42.2 Å². The molecule has 2 aliphatic heterocycles. The molecule has 1 fully saturated rings. The smallest absolute Gasteiger partial charge is 0.228 e. The van der Waals surface area contributed by atoms with Crippen molar-refractivity contribution in [2.45, 2.75) is 6.42 Å². The van der Waals surface area contributed by atoms with E-state index in [1.54, 1.807) is 18.4 Å². The molecule has 0 radical (unpaired) electrons. The van der Waals surface area contributed by atoms with Gasteiger partial charge in [-0.15, -0.1) is 0 Å². The first kappa shape index (κ1) is 22.6. The first-order valence-corrected chi connectivity index (χ1v) is 12.3. The highest BCUT2D eigenvalue weighted by Gasteiger charge is 2.25. The Morgan fingerprint density at radius 2 is 1.78 bits per heavy atom. The number of carbonyl (C=O) groups excluding carboxylic acids is 1. The van der Waals surface area contributed by atoms with Crippen molar-refractivity contribution < 1.29 is 23.4 Å². The van der Waals surface area contributed by atoms with E-state index in [1.165, 1.54) is 0 Å². The summed E-state index contributed by atoms with van der Waals surface area (Å²) in [6, 6.07) is 21.1. The van der Waals surface area contributed by atoms with Crippen molar-refractivity contribution in [1.82, 2.24) is 4.90 Å². The number of ketones is 1. The van der Waals surface area contributed by atoms with Gasteiger partial charge in [0.15, 0.2) is 5.76 Å². The van der Waals surface area contributed by atoms with Gasteiger partial charge in [0.25, 0.3) is 0 Å². The Bertz CT molecular complexity index is 1400. The van der Waals surface area contributed by atoms with E-state index in [0.717, 1.165) is 72.8 Å². The molecule has 6 heteroatoms. The van der Waals surface area contributed by atoms with Crippen LogP contribution < -0.4 is 9.47 Å². The number of fused-ring (bicyclic) bond motifs is 2. The van der Waals surface area contributed by atoms with Crippen LogP contribution in [0.1, 0.15) is 21.7 Å². The first-order chi connectivity index (χ1) is 17.8. The number of allylic oxidation sites excluding steroid dienone is 1. The molecule has 0 unspecified atom stereocenters. The number of ether oxygens (including phenoxy) is 3. The van der Waals surface area contributed by atoms with Gasteiger partial charge in [-0.25, -0.2) is 0 Å². The summed E-state index contributed by atoms with van der Waals surface area (Å²) < 4.78 is 23.2. The molecule has 0 amide bonds. The van der Waals surface area contributed by atoms with E-state index in [0.29, 0.717) is 23.5 Å². The van der Waals surface area contributed by atoms with E-state index in [4.69, 9.17) is 18.6 Å². The zero-order chi connectivity index (χ0) is 24.3. The third kappa shape index (κ3) is 4.53. The van der Waals surface area contributed by atoms with Gasteiger partial charge >= 0.3 is 0 Å². The number of furan rings is 1. The van der Waals surface area contributed by atoms with Crippen molar-refractivity contribution in [1.29, 1.82) is 0 Å². The second kappa shape index (κ2) is 10.0. The molecule has 0 bridgehead atoms. The van der Waals surface area contributed by atoms with Crippen LogP contribution in [0.4, 0.5) is 0 Å². The minimum atomic E-state index is -0.165. The highest BCUT2D eigenvalue weighted by atomic mass is 16.5. The number of morpholine rings is 1. The number of carbonyl (C=O) groups is 1. The second-order valence-electron chi connectivity index (χ2n) is 8.98. The molecule has 1 aromatic heterocycles. The normalized spacial score (nSPS) is 15.4. The predicted molar refractivity (Wildman–Crippen MR) is 138 cm³/mol. The summed E-state index contributed by atoms with van der Waals surface area (Å²) >= 11 is 0. The van der Waals surface area contributed by atoms with Gasteiger partial charge < -0.3 is 18.6 Å². The van der Waals surface area contributed by atoms with Gasteiger partial charge in [-0.1, -0.05) is 30.3 Å². The summed E-state index contributed by atoms with van der Waals surface area (Å²) in [6.07, 6.45) is 4.44. The topological polar surface area (TPSA) is 61.1 Å². The predicted octanol–water partition coefficient (Wildman–Crippen LogP) is 5.49. The summed E-state index contributed by atoms with van der Waals surface area (Å²) in [7, 11) is 0. The van der Waals surface area contributed by atoms with E-state index in [9.17, 15) is 4.79 Å². The lowest BCUT2D eigenvalue weighted by Crippen LogP contribution is -2.38. The summed E-state index contributed by atoms with van der Waals surface area (Å²) in [6.45, 7) is 4.86. The standard InChI is InChI=1S/C30H27NO5/c32-29(22-8-10-24(11-9-22)34-18-14-31-12-16-33-17-13-31)30-28(21-5-2-1-3-6-21)25-19-23-7-4-15-35-26(23)20-27(25)36-30/h1-6,8-11,15,19-20H,7,12-14,16-18H2. The first-order valence-electron chi connectivity index (χ1n) is 12.3. The van der Waals surface area contributed by atoms with Crippen molar-refractivity contribution in [3.63, 3.8) is 0 Å². The molecule has 6 nitrogen and oxygen atoms in total. The van der Waals surface area contributed by atoms with Crippen molar-refractivity contribution in [2.24, 2.45) is 0 Å². The van der Waals surface area contributed by atoms with E-state index in [-0.39, 0.29) is 5.78 Å². The average Bonchev–Trinajstić information content (AvgIpc) is 3.31. The Labute approximate surface area is 209 Å². The molecule has 36 heavy (non-hydrogen) atoms. The fourth-order valence-electron chi connectivity index (χ4n) is 4.74. The van der Waals surface area contributed by atoms with E-state index in [2.05, 4.69) is 11.0 Å². The maximum atomic E-state index is 13.7. The molecule has 0 spiro atoms. The molecule has 1 saturated heterocycles. The van der Waals surface area contributed by atoms with Crippen LogP contribution in [-0.4, -0.2) is 50.1 Å². The molecule has 3 heterocycles. The van der Waals surface area contributed by atoms with Gasteiger partial charge in [-0.3, -0.25) is 9.69 Å². The number of rotatable bonds is 7. The van der Waals surface area contributed by atoms with E-state index in [1.807, 2.05) is 54.6 Å². The number of nitrogens with zero attached hydrogens (tertiary/aromatic N) is 1. The monoisotopic (exact) mass is 481 g/mol. The molecule has 182 valence electrons. The summed E-state index contributed by atoms with van der Waals surface area (Å²) in [5.74, 6) is 1.66. The lowest BCUT2D eigenvalue weighted by atomic mass is 9.96. The molecule has 2 aliphatic rings. The number of hydrogen-bond donors (Lipinski definition) is 0. The molecular formula is C30H27NO5. The van der Waals surface area contributed by atoms with Crippen molar-refractivity contribution >= 4 is 16.8 Å². The number of hydrogen-bond acceptors (Lipinski definition) is 6. The summed E-state index contributed by atoms with van der Waals surface area (Å²) in [4.78, 5) is 16.0. The molecule has 0 N–H and O–H groups in total. The minimum Gasteiger partial charge on any atom is -0.492 e. The zero-order valence-electron chi connectivity index (χ0n) is 19.9. The maximum absolute atomic E-state index is 13.7. The molecule has 3 aromatic carbocycles. The summed E-state index contributed by atoms with van der Waals surface area (Å²) in [5, 5.41) is 0.908. The third-order valence-electron chi connectivity index (χ3n) is 6.67. The van der Waals surface area contributed by atoms with Crippen LogP contribution in [0, 0.1) is 0 Å². The van der Waals surface area contributed by atoms with Gasteiger partial charge in [0.05, 0.1) is 19.5 Å². The SMILES string of the molecule is O=C(c1ccc(OCCN2CCOCC2)cc1)c1oc2cc3c(cc2c1-c1ccccc1)CC=CO3. The molecule has 0 aliphatic carbocycles. The Morgan fingerprint density at radius 1 is 0.972 bits per heavy atom. The van der Waals surface area contributed by atoms with Crippen LogP contribution in [0.5, 0.6) is 11.5 Å². The molecule has 0 atom stereocenters. The van der Waals surface area contributed by atoms with Crippen LogP contribution in [0.25, 0.3) is 22.1 Å². The lowest BCUT2D eigenvalue weighted by Gasteiger charge is -2.26. The Balaban J connectivity index is 1.27.